The highest BCUT2D eigenvalue weighted by Gasteiger charge is 2.30. The number of benzene rings is 1. The van der Waals surface area contributed by atoms with Gasteiger partial charge in [-0.15, -0.1) is 0 Å². The molecular formula is C12H15ClN2O2. The zero-order chi connectivity index (χ0) is 12.4. The first-order valence-electron chi connectivity index (χ1n) is 5.59. The third-order valence-corrected chi connectivity index (χ3v) is 3.50. The Labute approximate surface area is 105 Å². The van der Waals surface area contributed by atoms with Gasteiger partial charge in [0.2, 0.25) is 5.91 Å². The molecule has 1 aromatic rings. The number of carbonyl (C=O) groups excluding carboxylic acids is 1. The first-order chi connectivity index (χ1) is 8.15. The lowest BCUT2D eigenvalue weighted by Gasteiger charge is -2.26. The largest absolute Gasteiger partial charge is 0.392 e. The standard InChI is InChI=1S/C12H15ClN2O2/c13-9-3-1-4-10(8(9)7-16)15-6-2-5-11(15)12(14)17/h1,3-4,11,16H,2,5-7H2,(H2,14,17). The average Bonchev–Trinajstić information content (AvgIpc) is 2.77. The quantitative estimate of drug-likeness (QED) is 0.854. The van der Waals surface area contributed by atoms with Crippen LogP contribution in [0.1, 0.15) is 18.4 Å². The van der Waals surface area contributed by atoms with E-state index in [9.17, 15) is 9.90 Å². The smallest absolute Gasteiger partial charge is 0.240 e. The van der Waals surface area contributed by atoms with E-state index in [1.54, 1.807) is 6.07 Å². The Morgan fingerprint density at radius 3 is 3.00 bits per heavy atom. The molecular weight excluding hydrogens is 240 g/mol. The van der Waals surface area contributed by atoms with E-state index < -0.39 is 0 Å². The molecule has 2 rings (SSSR count). The van der Waals surface area contributed by atoms with Crippen molar-refractivity contribution < 1.29 is 9.90 Å². The first kappa shape index (κ1) is 12.2. The summed E-state index contributed by atoms with van der Waals surface area (Å²) in [5, 5.41) is 9.87. The van der Waals surface area contributed by atoms with Gasteiger partial charge in [0.15, 0.2) is 0 Å². The second-order valence-corrected chi connectivity index (χ2v) is 4.56. The number of hydrogen-bond donors (Lipinski definition) is 2. The minimum Gasteiger partial charge on any atom is -0.392 e. The molecule has 92 valence electrons. The molecule has 0 bridgehead atoms. The van der Waals surface area contributed by atoms with E-state index in [1.807, 2.05) is 17.0 Å². The van der Waals surface area contributed by atoms with Gasteiger partial charge in [-0.05, 0) is 25.0 Å². The molecule has 0 aliphatic carbocycles. The summed E-state index contributed by atoms with van der Waals surface area (Å²) < 4.78 is 0. The van der Waals surface area contributed by atoms with Crippen LogP contribution < -0.4 is 10.6 Å². The van der Waals surface area contributed by atoms with Gasteiger partial charge in [-0.1, -0.05) is 17.7 Å². The van der Waals surface area contributed by atoms with Crippen molar-refractivity contribution in [3.8, 4) is 0 Å². The Hall–Kier alpha value is -1.26. The van der Waals surface area contributed by atoms with Crippen LogP contribution in [0.15, 0.2) is 18.2 Å². The summed E-state index contributed by atoms with van der Waals surface area (Å²) >= 11 is 6.03. The van der Waals surface area contributed by atoms with Crippen molar-refractivity contribution in [2.45, 2.75) is 25.5 Å². The number of hydrogen-bond acceptors (Lipinski definition) is 3. The number of nitrogens with zero attached hydrogens (tertiary/aromatic N) is 1. The third-order valence-electron chi connectivity index (χ3n) is 3.14. The van der Waals surface area contributed by atoms with Crippen LogP contribution in [0.3, 0.4) is 0 Å². The van der Waals surface area contributed by atoms with Gasteiger partial charge in [-0.3, -0.25) is 4.79 Å². The number of rotatable bonds is 3. The number of amides is 1. The van der Waals surface area contributed by atoms with Crippen molar-refractivity contribution in [1.82, 2.24) is 0 Å². The molecule has 1 fully saturated rings. The van der Waals surface area contributed by atoms with Crippen molar-refractivity contribution in [1.29, 1.82) is 0 Å². The summed E-state index contributed by atoms with van der Waals surface area (Å²) in [4.78, 5) is 13.3. The normalized spacial score (nSPS) is 19.6. The second-order valence-electron chi connectivity index (χ2n) is 4.15. The zero-order valence-corrected chi connectivity index (χ0v) is 10.2. The number of anilines is 1. The van der Waals surface area contributed by atoms with Gasteiger partial charge in [0.25, 0.3) is 0 Å². The van der Waals surface area contributed by atoms with Crippen LogP contribution in [0, 0.1) is 0 Å². The molecule has 3 N–H and O–H groups in total. The maximum absolute atomic E-state index is 11.4. The molecule has 1 amide bonds. The third kappa shape index (κ3) is 2.23. The highest BCUT2D eigenvalue weighted by Crippen LogP contribution is 2.32. The number of primary amides is 1. The van der Waals surface area contributed by atoms with E-state index in [0.29, 0.717) is 10.6 Å². The van der Waals surface area contributed by atoms with Crippen LogP contribution >= 0.6 is 11.6 Å². The van der Waals surface area contributed by atoms with Crippen molar-refractivity contribution in [2.24, 2.45) is 5.73 Å². The second kappa shape index (κ2) is 4.94. The topological polar surface area (TPSA) is 66.6 Å². The predicted molar refractivity (Wildman–Crippen MR) is 66.9 cm³/mol. The van der Waals surface area contributed by atoms with Gasteiger partial charge >= 0.3 is 0 Å². The number of aliphatic hydroxyl groups excluding tert-OH is 1. The molecule has 1 atom stereocenters. The molecule has 1 saturated heterocycles. The molecule has 1 aliphatic rings. The van der Waals surface area contributed by atoms with Crippen molar-refractivity contribution in [3.05, 3.63) is 28.8 Å². The lowest BCUT2D eigenvalue weighted by molar-refractivity contribution is -0.119. The van der Waals surface area contributed by atoms with Gasteiger partial charge < -0.3 is 15.7 Å². The number of halogens is 1. The molecule has 1 aliphatic heterocycles. The minimum absolute atomic E-state index is 0.142. The number of aliphatic hydroxyl groups is 1. The summed E-state index contributed by atoms with van der Waals surface area (Å²) in [5.74, 6) is -0.327. The van der Waals surface area contributed by atoms with E-state index >= 15 is 0 Å². The Morgan fingerprint density at radius 1 is 1.59 bits per heavy atom. The molecule has 0 aromatic heterocycles. The highest BCUT2D eigenvalue weighted by atomic mass is 35.5. The Balaban J connectivity index is 2.39. The minimum atomic E-state index is -0.327. The van der Waals surface area contributed by atoms with Crippen molar-refractivity contribution in [2.75, 3.05) is 11.4 Å². The van der Waals surface area contributed by atoms with Crippen LogP contribution in [0.25, 0.3) is 0 Å². The fourth-order valence-corrected chi connectivity index (χ4v) is 2.55. The van der Waals surface area contributed by atoms with Crippen LogP contribution in [-0.4, -0.2) is 23.6 Å². The fourth-order valence-electron chi connectivity index (χ4n) is 2.32. The van der Waals surface area contributed by atoms with Gasteiger partial charge in [0.1, 0.15) is 6.04 Å². The fraction of sp³-hybridized carbons (Fsp3) is 0.417. The number of nitrogens with two attached hydrogens (primary N) is 1. The van der Waals surface area contributed by atoms with E-state index in [1.165, 1.54) is 0 Å². The Kier molecular flexibility index (Phi) is 3.54. The molecule has 17 heavy (non-hydrogen) atoms. The van der Waals surface area contributed by atoms with Crippen LogP contribution in [-0.2, 0) is 11.4 Å². The predicted octanol–water partition coefficient (Wildman–Crippen LogP) is 1.29. The van der Waals surface area contributed by atoms with E-state index in [2.05, 4.69) is 0 Å². The van der Waals surface area contributed by atoms with Crippen LogP contribution in [0.5, 0.6) is 0 Å². The van der Waals surface area contributed by atoms with Crippen molar-refractivity contribution in [3.63, 3.8) is 0 Å². The Morgan fingerprint density at radius 2 is 2.35 bits per heavy atom. The first-order valence-corrected chi connectivity index (χ1v) is 5.97. The summed E-state index contributed by atoms with van der Waals surface area (Å²) in [6.45, 7) is 0.623. The summed E-state index contributed by atoms with van der Waals surface area (Å²) in [6, 6.07) is 5.11. The van der Waals surface area contributed by atoms with E-state index in [0.717, 1.165) is 25.1 Å². The van der Waals surface area contributed by atoms with Gasteiger partial charge in [-0.2, -0.15) is 0 Å². The lowest BCUT2D eigenvalue weighted by Crippen LogP contribution is -2.40. The van der Waals surface area contributed by atoms with Gasteiger partial charge in [0.05, 0.1) is 6.61 Å². The van der Waals surface area contributed by atoms with E-state index in [4.69, 9.17) is 17.3 Å². The molecule has 1 unspecified atom stereocenters. The van der Waals surface area contributed by atoms with Crippen LogP contribution in [0.4, 0.5) is 5.69 Å². The maximum Gasteiger partial charge on any atom is 0.240 e. The highest BCUT2D eigenvalue weighted by molar-refractivity contribution is 6.31. The molecule has 0 saturated carbocycles. The summed E-state index contributed by atoms with van der Waals surface area (Å²) in [7, 11) is 0. The van der Waals surface area contributed by atoms with Gasteiger partial charge in [-0.25, -0.2) is 0 Å². The van der Waals surface area contributed by atoms with E-state index in [-0.39, 0.29) is 18.6 Å². The molecule has 5 heteroatoms. The zero-order valence-electron chi connectivity index (χ0n) is 9.40. The molecule has 4 nitrogen and oxygen atoms in total. The average molecular weight is 255 g/mol. The molecule has 0 spiro atoms. The number of carbonyl (C=O) groups is 1. The SMILES string of the molecule is NC(=O)C1CCCN1c1cccc(Cl)c1CO. The van der Waals surface area contributed by atoms with Gasteiger partial charge in [0, 0.05) is 22.8 Å². The monoisotopic (exact) mass is 254 g/mol. The lowest BCUT2D eigenvalue weighted by atomic mass is 10.1. The maximum atomic E-state index is 11.4. The van der Waals surface area contributed by atoms with Crippen LogP contribution in [0.2, 0.25) is 5.02 Å². The molecule has 1 heterocycles. The Bertz CT molecular complexity index is 437. The molecule has 0 radical (unpaired) electrons. The summed E-state index contributed by atoms with van der Waals surface area (Å²) in [6.07, 6.45) is 1.68. The summed E-state index contributed by atoms with van der Waals surface area (Å²) in [5.41, 5.74) is 6.84. The molecule has 1 aromatic carbocycles. The van der Waals surface area contributed by atoms with Crippen molar-refractivity contribution >= 4 is 23.2 Å².